The van der Waals surface area contributed by atoms with Gasteiger partial charge in [0.05, 0.1) is 0 Å². The fourth-order valence-corrected chi connectivity index (χ4v) is 12.8. The summed E-state index contributed by atoms with van der Waals surface area (Å²) in [4.78, 5) is 2.47. The van der Waals surface area contributed by atoms with Crippen molar-refractivity contribution in [1.29, 1.82) is 0 Å². The molecule has 0 fully saturated rings. The Morgan fingerprint density at radius 3 is 1.79 bits per heavy atom. The SMILES string of the molecule is CC1(C)c2ccccc2-c2cccc(-c3ccccc3-c3ccc(N(c4cccc(-c5cccc6oc7ccccc7c56)c4)c4ccc5c(c4)C4(CCc6ccccc64)c4ccccc4-5)cc3)c21. The molecule has 1 spiro atoms. The highest BCUT2D eigenvalue weighted by Gasteiger charge is 2.48. The molecule has 0 bridgehead atoms. The van der Waals surface area contributed by atoms with Crippen molar-refractivity contribution in [1.82, 2.24) is 0 Å². The van der Waals surface area contributed by atoms with Gasteiger partial charge in [0.2, 0.25) is 0 Å². The summed E-state index contributed by atoms with van der Waals surface area (Å²) < 4.78 is 6.39. The Morgan fingerprint density at radius 1 is 0.382 bits per heavy atom. The van der Waals surface area contributed by atoms with Gasteiger partial charge in [-0.25, -0.2) is 0 Å². The molecule has 0 amide bonds. The number of furan rings is 1. The maximum atomic E-state index is 6.39. The van der Waals surface area contributed by atoms with Crippen molar-refractivity contribution >= 4 is 39.0 Å². The minimum absolute atomic E-state index is 0.124. The molecular weight excluding hydrogens is 823 g/mol. The maximum absolute atomic E-state index is 6.39. The highest BCUT2D eigenvalue weighted by molar-refractivity contribution is 6.12. The van der Waals surface area contributed by atoms with Crippen LogP contribution in [0.15, 0.2) is 229 Å². The molecule has 2 nitrogen and oxygen atoms in total. The van der Waals surface area contributed by atoms with Crippen LogP contribution in [-0.2, 0) is 17.3 Å². The Kier molecular flexibility index (Phi) is 8.40. The molecule has 1 heterocycles. The number of rotatable bonds is 6. The fourth-order valence-electron chi connectivity index (χ4n) is 12.8. The van der Waals surface area contributed by atoms with E-state index in [4.69, 9.17) is 4.42 Å². The number of hydrogen-bond acceptors (Lipinski definition) is 2. The van der Waals surface area contributed by atoms with E-state index in [1.165, 1.54) is 77.9 Å². The van der Waals surface area contributed by atoms with E-state index in [1.54, 1.807) is 0 Å². The van der Waals surface area contributed by atoms with Crippen LogP contribution in [-0.4, -0.2) is 0 Å². The third kappa shape index (κ3) is 5.52. The van der Waals surface area contributed by atoms with Crippen molar-refractivity contribution in [2.75, 3.05) is 4.90 Å². The topological polar surface area (TPSA) is 16.4 Å². The third-order valence-corrected chi connectivity index (χ3v) is 15.7. The Morgan fingerprint density at radius 2 is 0.956 bits per heavy atom. The summed E-state index contributed by atoms with van der Waals surface area (Å²) in [7, 11) is 0. The molecule has 1 unspecified atom stereocenters. The van der Waals surface area contributed by atoms with Crippen molar-refractivity contribution < 1.29 is 4.42 Å². The average Bonchev–Trinajstić information content (AvgIpc) is 4.12. The Hall–Kier alpha value is -8.20. The lowest BCUT2D eigenvalue weighted by Crippen LogP contribution is -2.24. The second-order valence-corrected chi connectivity index (χ2v) is 19.5. The van der Waals surface area contributed by atoms with Gasteiger partial charge in [0.15, 0.2) is 0 Å². The molecule has 3 aliphatic rings. The summed E-state index contributed by atoms with van der Waals surface area (Å²) in [5.74, 6) is 0. The van der Waals surface area contributed by atoms with Gasteiger partial charge in [-0.1, -0.05) is 190 Å². The van der Waals surface area contributed by atoms with Crippen LogP contribution < -0.4 is 4.90 Å². The molecule has 1 aromatic heterocycles. The van der Waals surface area contributed by atoms with E-state index >= 15 is 0 Å². The Bertz CT molecular complexity index is 3850. The van der Waals surface area contributed by atoms with Gasteiger partial charge in [-0.05, 0) is 150 Å². The van der Waals surface area contributed by atoms with E-state index in [0.29, 0.717) is 0 Å². The van der Waals surface area contributed by atoms with Gasteiger partial charge in [-0.2, -0.15) is 0 Å². The van der Waals surface area contributed by atoms with E-state index in [1.807, 2.05) is 6.07 Å². The molecular formula is C66H47NO. The minimum atomic E-state index is -0.203. The smallest absolute Gasteiger partial charge is 0.136 e. The minimum Gasteiger partial charge on any atom is -0.456 e. The lowest BCUT2D eigenvalue weighted by atomic mass is 9.73. The predicted molar refractivity (Wildman–Crippen MR) is 282 cm³/mol. The predicted octanol–water partition coefficient (Wildman–Crippen LogP) is 17.6. The first-order valence-corrected chi connectivity index (χ1v) is 24.0. The van der Waals surface area contributed by atoms with Crippen molar-refractivity contribution in [3.63, 3.8) is 0 Å². The van der Waals surface area contributed by atoms with E-state index in [0.717, 1.165) is 63.0 Å². The van der Waals surface area contributed by atoms with Gasteiger partial charge in [0.1, 0.15) is 11.2 Å². The van der Waals surface area contributed by atoms with E-state index in [2.05, 4.69) is 237 Å². The molecule has 11 aromatic rings. The number of anilines is 3. The van der Waals surface area contributed by atoms with Gasteiger partial charge < -0.3 is 9.32 Å². The molecule has 0 radical (unpaired) electrons. The molecule has 2 heteroatoms. The molecule has 1 atom stereocenters. The van der Waals surface area contributed by atoms with E-state index < -0.39 is 0 Å². The van der Waals surface area contributed by atoms with Crippen LogP contribution in [0.1, 0.15) is 53.6 Å². The van der Waals surface area contributed by atoms with Crippen LogP contribution in [0.5, 0.6) is 0 Å². The first-order valence-electron chi connectivity index (χ1n) is 24.0. The van der Waals surface area contributed by atoms with Crippen molar-refractivity contribution in [2.45, 2.75) is 37.5 Å². The maximum Gasteiger partial charge on any atom is 0.136 e. The lowest BCUT2D eigenvalue weighted by molar-refractivity contribution is 0.626. The molecule has 0 saturated carbocycles. The van der Waals surface area contributed by atoms with E-state index in [-0.39, 0.29) is 10.8 Å². The largest absolute Gasteiger partial charge is 0.456 e. The van der Waals surface area contributed by atoms with Crippen LogP contribution in [0.4, 0.5) is 17.1 Å². The summed E-state index contributed by atoms with van der Waals surface area (Å²) >= 11 is 0. The molecule has 14 rings (SSSR count). The lowest BCUT2D eigenvalue weighted by Gasteiger charge is -2.31. The van der Waals surface area contributed by atoms with Crippen LogP contribution in [0.25, 0.3) is 77.6 Å². The van der Waals surface area contributed by atoms with Crippen LogP contribution in [0, 0.1) is 0 Å². The Labute approximate surface area is 397 Å². The number of para-hydroxylation sites is 1. The Balaban J connectivity index is 0.936. The molecule has 322 valence electrons. The normalized spacial score (nSPS) is 15.9. The first-order chi connectivity index (χ1) is 33.5. The van der Waals surface area contributed by atoms with E-state index in [9.17, 15) is 0 Å². The molecule has 68 heavy (non-hydrogen) atoms. The van der Waals surface area contributed by atoms with Gasteiger partial charge in [-0.15, -0.1) is 0 Å². The zero-order chi connectivity index (χ0) is 45.1. The molecule has 3 aliphatic carbocycles. The third-order valence-electron chi connectivity index (χ3n) is 15.7. The summed E-state index contributed by atoms with van der Waals surface area (Å²) in [5, 5.41) is 2.27. The van der Waals surface area contributed by atoms with Crippen molar-refractivity contribution in [2.24, 2.45) is 0 Å². The van der Waals surface area contributed by atoms with Gasteiger partial charge in [0.25, 0.3) is 0 Å². The molecule has 0 saturated heterocycles. The number of nitrogens with zero attached hydrogens (tertiary/aromatic N) is 1. The zero-order valence-corrected chi connectivity index (χ0v) is 38.1. The summed E-state index contributed by atoms with van der Waals surface area (Å²) in [5.41, 5.74) is 25.9. The first kappa shape index (κ1) is 39.0. The standard InChI is InChI=1S/C66H47NO/c1-65(2)58-28-10-6-22-52(58)55-26-14-25-54(64(55)65)50-20-5-4-19-48(50)42-32-34-45(35-33-42)67(46-18-13-17-44(40-46)49-24-15-31-62-63(49)56-23-8-12-30-61(56)68-62)47-36-37-53-51-21-7-11-29-59(51)66(60(53)41-47)39-38-43-16-3-9-27-57(43)66/h3-37,40-41H,38-39H2,1-2H3. The second kappa shape index (κ2) is 14.6. The average molecular weight is 870 g/mol. The highest BCUT2D eigenvalue weighted by Crippen LogP contribution is 2.59. The van der Waals surface area contributed by atoms with Gasteiger partial charge in [0, 0.05) is 38.7 Å². The number of hydrogen-bond donors (Lipinski definition) is 0. The quantitative estimate of drug-likeness (QED) is 0.166. The number of benzene rings is 10. The van der Waals surface area contributed by atoms with Crippen LogP contribution in [0.2, 0.25) is 0 Å². The van der Waals surface area contributed by atoms with Crippen LogP contribution in [0.3, 0.4) is 0 Å². The highest BCUT2D eigenvalue weighted by atomic mass is 16.3. The van der Waals surface area contributed by atoms with Gasteiger partial charge >= 0.3 is 0 Å². The summed E-state index contributed by atoms with van der Waals surface area (Å²) in [6.07, 6.45) is 2.12. The molecule has 0 N–H and O–H groups in total. The number of fused-ring (bicyclic) bond motifs is 13. The monoisotopic (exact) mass is 869 g/mol. The zero-order valence-electron chi connectivity index (χ0n) is 38.1. The molecule has 10 aromatic carbocycles. The van der Waals surface area contributed by atoms with Crippen LogP contribution >= 0.6 is 0 Å². The second-order valence-electron chi connectivity index (χ2n) is 19.5. The molecule has 0 aliphatic heterocycles. The fraction of sp³-hybridized carbons (Fsp3) is 0.0909. The van der Waals surface area contributed by atoms with Gasteiger partial charge in [-0.3, -0.25) is 0 Å². The number of aryl methyl sites for hydroxylation is 1. The van der Waals surface area contributed by atoms with Crippen molar-refractivity contribution in [3.05, 3.63) is 258 Å². The summed E-state index contributed by atoms with van der Waals surface area (Å²) in [6, 6.07) is 83.4. The van der Waals surface area contributed by atoms with Crippen molar-refractivity contribution in [3.8, 4) is 55.6 Å². The summed E-state index contributed by atoms with van der Waals surface area (Å²) in [6.45, 7) is 4.76.